The fraction of sp³-hybridized carbons (Fsp3) is 0.588. The van der Waals surface area contributed by atoms with Gasteiger partial charge in [-0.05, 0) is 60.2 Å². The van der Waals surface area contributed by atoms with E-state index in [1.54, 1.807) is 0 Å². The molecule has 21 heavy (non-hydrogen) atoms. The zero-order chi connectivity index (χ0) is 15.3. The summed E-state index contributed by atoms with van der Waals surface area (Å²) < 4.78 is 6.35. The van der Waals surface area contributed by atoms with Gasteiger partial charge in [-0.3, -0.25) is 0 Å². The van der Waals surface area contributed by atoms with Gasteiger partial charge in [0.1, 0.15) is 5.54 Å². The Kier molecular flexibility index (Phi) is 5.68. The number of halogens is 1. The number of benzene rings is 1. The second-order valence-corrected chi connectivity index (χ2v) is 6.80. The Morgan fingerprint density at radius 2 is 2.14 bits per heavy atom. The van der Waals surface area contributed by atoms with E-state index in [0.29, 0.717) is 12.5 Å². The molecule has 0 amide bonds. The predicted molar refractivity (Wildman–Crippen MR) is 89.4 cm³/mol. The van der Waals surface area contributed by atoms with Crippen LogP contribution in [0.2, 0.25) is 0 Å². The van der Waals surface area contributed by atoms with Crippen molar-refractivity contribution < 1.29 is 9.53 Å². The Bertz CT molecular complexity index is 491. The molecule has 1 saturated carbocycles. The lowest BCUT2D eigenvalue weighted by Gasteiger charge is -2.33. The van der Waals surface area contributed by atoms with Crippen molar-refractivity contribution >= 4 is 27.6 Å². The van der Waals surface area contributed by atoms with Gasteiger partial charge >= 0.3 is 5.97 Å². The first-order valence-electron chi connectivity index (χ1n) is 7.77. The summed E-state index contributed by atoms with van der Waals surface area (Å²) in [4.78, 5) is 12.6. The zero-order valence-electron chi connectivity index (χ0n) is 12.8. The monoisotopic (exact) mass is 353 g/mol. The normalized spacial score (nSPS) is 26.0. The van der Waals surface area contributed by atoms with Crippen LogP contribution in [0.25, 0.3) is 0 Å². The Hall–Kier alpha value is -1.03. The number of hydrogen-bond acceptors (Lipinski definition) is 3. The van der Waals surface area contributed by atoms with E-state index < -0.39 is 5.54 Å². The molecule has 0 heterocycles. The fourth-order valence-corrected chi connectivity index (χ4v) is 3.37. The highest BCUT2D eigenvalue weighted by molar-refractivity contribution is 9.10. The number of carbonyl (C=O) groups is 1. The van der Waals surface area contributed by atoms with Gasteiger partial charge in [-0.1, -0.05) is 31.9 Å². The van der Waals surface area contributed by atoms with E-state index in [1.165, 1.54) is 6.42 Å². The molecule has 0 aliphatic heterocycles. The number of esters is 1. The summed E-state index contributed by atoms with van der Waals surface area (Å²) in [5.41, 5.74) is 0.366. The minimum atomic E-state index is -0.593. The first kappa shape index (κ1) is 16.3. The molecule has 1 aromatic carbocycles. The van der Waals surface area contributed by atoms with Crippen molar-refractivity contribution in [3.8, 4) is 0 Å². The van der Waals surface area contributed by atoms with Crippen molar-refractivity contribution in [1.29, 1.82) is 0 Å². The van der Waals surface area contributed by atoms with Crippen LogP contribution in [-0.4, -0.2) is 18.1 Å². The molecule has 0 saturated heterocycles. The molecule has 0 radical (unpaired) electrons. The van der Waals surface area contributed by atoms with Crippen molar-refractivity contribution in [2.45, 2.75) is 51.5 Å². The molecule has 1 aliphatic carbocycles. The van der Waals surface area contributed by atoms with E-state index in [2.05, 4.69) is 28.2 Å². The van der Waals surface area contributed by atoms with Crippen LogP contribution < -0.4 is 5.32 Å². The van der Waals surface area contributed by atoms with Crippen molar-refractivity contribution in [3.05, 3.63) is 28.7 Å². The minimum absolute atomic E-state index is 0.116. The molecule has 1 N–H and O–H groups in total. The maximum absolute atomic E-state index is 12.6. The summed E-state index contributed by atoms with van der Waals surface area (Å²) in [7, 11) is 0. The second kappa shape index (κ2) is 7.30. The van der Waals surface area contributed by atoms with E-state index in [0.717, 1.165) is 35.8 Å². The van der Waals surface area contributed by atoms with Crippen LogP contribution in [0.4, 0.5) is 5.69 Å². The Labute approximate surface area is 135 Å². The van der Waals surface area contributed by atoms with Gasteiger partial charge in [-0.2, -0.15) is 0 Å². The lowest BCUT2D eigenvalue weighted by molar-refractivity contribution is -0.149. The highest BCUT2D eigenvalue weighted by Crippen LogP contribution is 2.36. The van der Waals surface area contributed by atoms with Gasteiger partial charge in [-0.25, -0.2) is 4.79 Å². The third-order valence-corrected chi connectivity index (χ3v) is 4.97. The van der Waals surface area contributed by atoms with Crippen molar-refractivity contribution in [1.82, 2.24) is 0 Å². The summed E-state index contributed by atoms with van der Waals surface area (Å²) in [5.74, 6) is 0.553. The fourth-order valence-electron chi connectivity index (χ4n) is 2.98. The molecule has 4 heteroatoms. The number of nitrogens with one attached hydrogen (secondary N) is 1. The number of para-hydroxylation sites is 1. The Balaban J connectivity index is 2.27. The summed E-state index contributed by atoms with van der Waals surface area (Å²) in [6, 6.07) is 7.94. The predicted octanol–water partition coefficient (Wildman–Crippen LogP) is 4.76. The van der Waals surface area contributed by atoms with Gasteiger partial charge in [0.2, 0.25) is 0 Å². The number of rotatable bonds is 4. The largest absolute Gasteiger partial charge is 0.464 e. The lowest BCUT2D eigenvalue weighted by atomic mass is 9.89. The average molecular weight is 354 g/mol. The van der Waals surface area contributed by atoms with E-state index >= 15 is 0 Å². The second-order valence-electron chi connectivity index (χ2n) is 5.94. The summed E-state index contributed by atoms with van der Waals surface area (Å²) in [6.07, 6.45) is 4.94. The number of anilines is 1. The molecule has 1 aromatic rings. The molecule has 3 nitrogen and oxygen atoms in total. The summed E-state index contributed by atoms with van der Waals surface area (Å²) in [6.45, 7) is 4.55. The quantitative estimate of drug-likeness (QED) is 0.626. The zero-order valence-corrected chi connectivity index (χ0v) is 14.4. The maximum atomic E-state index is 12.6. The highest BCUT2D eigenvalue weighted by Gasteiger charge is 2.41. The Morgan fingerprint density at radius 3 is 2.86 bits per heavy atom. The van der Waals surface area contributed by atoms with Crippen molar-refractivity contribution in [3.63, 3.8) is 0 Å². The third-order valence-electron chi connectivity index (χ3n) is 4.28. The number of carbonyl (C=O) groups excluding carboxylic acids is 1. The maximum Gasteiger partial charge on any atom is 0.331 e. The molecular formula is C17H24BrNO2. The SMILES string of the molecule is CCOC(=O)C1(Nc2ccccc2Br)CCCC(C)CC1. The Morgan fingerprint density at radius 1 is 1.38 bits per heavy atom. The van der Waals surface area contributed by atoms with E-state index in [1.807, 2.05) is 31.2 Å². The van der Waals surface area contributed by atoms with Crippen LogP contribution >= 0.6 is 15.9 Å². The van der Waals surface area contributed by atoms with Gasteiger partial charge in [0, 0.05) is 10.2 Å². The van der Waals surface area contributed by atoms with E-state index in [-0.39, 0.29) is 5.97 Å². The molecule has 0 aromatic heterocycles. The van der Waals surface area contributed by atoms with Gasteiger partial charge in [0.15, 0.2) is 0 Å². The van der Waals surface area contributed by atoms with Crippen molar-refractivity contribution in [2.75, 3.05) is 11.9 Å². The molecule has 0 spiro atoms. The molecule has 1 fully saturated rings. The summed E-state index contributed by atoms with van der Waals surface area (Å²) in [5, 5.41) is 3.49. The van der Waals surface area contributed by atoms with Crippen LogP contribution in [-0.2, 0) is 9.53 Å². The highest BCUT2D eigenvalue weighted by atomic mass is 79.9. The molecule has 2 atom stereocenters. The van der Waals surface area contributed by atoms with Crippen LogP contribution in [0, 0.1) is 5.92 Å². The topological polar surface area (TPSA) is 38.3 Å². The van der Waals surface area contributed by atoms with Gasteiger partial charge in [0.25, 0.3) is 0 Å². The van der Waals surface area contributed by atoms with Gasteiger partial charge in [0.05, 0.1) is 6.61 Å². The van der Waals surface area contributed by atoms with Crippen LogP contribution in [0.15, 0.2) is 28.7 Å². The number of ether oxygens (including phenoxy) is 1. The van der Waals surface area contributed by atoms with Crippen LogP contribution in [0.5, 0.6) is 0 Å². The van der Waals surface area contributed by atoms with Crippen LogP contribution in [0.3, 0.4) is 0 Å². The van der Waals surface area contributed by atoms with Crippen LogP contribution in [0.1, 0.15) is 46.0 Å². The molecular weight excluding hydrogens is 330 g/mol. The van der Waals surface area contributed by atoms with Gasteiger partial charge in [-0.15, -0.1) is 0 Å². The standard InChI is InChI=1S/C17H24BrNO2/c1-3-21-16(20)17(11-6-7-13(2)10-12-17)19-15-9-5-4-8-14(15)18/h4-5,8-9,13,19H,3,6-7,10-12H2,1-2H3. The molecule has 2 rings (SSSR count). The third kappa shape index (κ3) is 4.00. The summed E-state index contributed by atoms with van der Waals surface area (Å²) >= 11 is 3.55. The number of hydrogen-bond donors (Lipinski definition) is 1. The molecule has 0 bridgehead atoms. The first-order chi connectivity index (χ1) is 10.1. The molecule has 1 aliphatic rings. The molecule has 2 unspecified atom stereocenters. The lowest BCUT2D eigenvalue weighted by Crippen LogP contribution is -2.47. The van der Waals surface area contributed by atoms with Crippen molar-refractivity contribution in [2.24, 2.45) is 5.92 Å². The smallest absolute Gasteiger partial charge is 0.331 e. The van der Waals surface area contributed by atoms with E-state index in [4.69, 9.17) is 4.74 Å². The minimum Gasteiger partial charge on any atom is -0.464 e. The molecule has 116 valence electrons. The van der Waals surface area contributed by atoms with Gasteiger partial charge < -0.3 is 10.1 Å². The van der Waals surface area contributed by atoms with E-state index in [9.17, 15) is 4.79 Å². The average Bonchev–Trinajstić information content (AvgIpc) is 2.65. The first-order valence-corrected chi connectivity index (χ1v) is 8.56.